The van der Waals surface area contributed by atoms with Gasteiger partial charge in [0.1, 0.15) is 0 Å². The van der Waals surface area contributed by atoms with Crippen LogP contribution in [0.25, 0.3) is 0 Å². The number of hydrogen-bond donors (Lipinski definition) is 0. The van der Waals surface area contributed by atoms with E-state index in [1.54, 1.807) is 0 Å². The molecule has 0 spiro atoms. The average Bonchev–Trinajstić information content (AvgIpc) is 2.59. The van der Waals surface area contributed by atoms with Gasteiger partial charge in [-0.1, -0.05) is 60.9 Å². The van der Waals surface area contributed by atoms with Gasteiger partial charge >= 0.3 is 0 Å². The minimum absolute atomic E-state index is 0.593. The Labute approximate surface area is 122 Å². The molecule has 2 rings (SSSR count). The van der Waals surface area contributed by atoms with Crippen LogP contribution < -0.4 is 0 Å². The first-order valence-electron chi connectivity index (χ1n) is 8.13. The van der Waals surface area contributed by atoms with Crippen LogP contribution in [0.5, 0.6) is 0 Å². The van der Waals surface area contributed by atoms with Crippen LogP contribution >= 0.6 is 15.9 Å². The molecule has 1 nitrogen and oxygen atoms in total. The zero-order valence-corrected chi connectivity index (χ0v) is 13.5. The predicted molar refractivity (Wildman–Crippen MR) is 83.5 cm³/mol. The molecule has 2 aliphatic rings. The van der Waals surface area contributed by atoms with Gasteiger partial charge in [-0.3, -0.25) is 0 Å². The lowest BCUT2D eigenvalue weighted by atomic mass is 9.81. The van der Waals surface area contributed by atoms with Gasteiger partial charge < -0.3 is 4.90 Å². The van der Waals surface area contributed by atoms with Gasteiger partial charge in [0.15, 0.2) is 0 Å². The Morgan fingerprint density at radius 3 is 1.78 bits per heavy atom. The lowest BCUT2D eigenvalue weighted by Crippen LogP contribution is -2.40. The lowest BCUT2D eigenvalue weighted by Gasteiger charge is -2.37. The molecular formula is C16H30BrN. The summed E-state index contributed by atoms with van der Waals surface area (Å²) in [6, 6.07) is 0. The van der Waals surface area contributed by atoms with E-state index in [-0.39, 0.29) is 0 Å². The Balaban J connectivity index is 1.90. The summed E-state index contributed by atoms with van der Waals surface area (Å²) in [6.07, 6.45) is 16.0. The monoisotopic (exact) mass is 315 g/mol. The van der Waals surface area contributed by atoms with Crippen molar-refractivity contribution < 1.29 is 0 Å². The maximum atomic E-state index is 3.84. The standard InChI is InChI=1S/C16H30BrN/c17-14-16(10-6-2-3-7-11-16)15-18-12-8-4-1-5-9-13-18/h1-15H2. The smallest absolute Gasteiger partial charge is 0.0100 e. The van der Waals surface area contributed by atoms with Crippen molar-refractivity contribution in [2.45, 2.75) is 70.6 Å². The quantitative estimate of drug-likeness (QED) is 0.524. The van der Waals surface area contributed by atoms with Gasteiger partial charge in [0, 0.05) is 11.9 Å². The molecule has 0 unspecified atom stereocenters. The molecule has 0 aromatic heterocycles. The van der Waals surface area contributed by atoms with E-state index in [1.165, 1.54) is 95.6 Å². The van der Waals surface area contributed by atoms with Crippen LogP contribution in [0, 0.1) is 5.41 Å². The van der Waals surface area contributed by atoms with Gasteiger partial charge in [-0.25, -0.2) is 0 Å². The van der Waals surface area contributed by atoms with Gasteiger partial charge in [0.2, 0.25) is 0 Å². The molecule has 0 N–H and O–H groups in total. The van der Waals surface area contributed by atoms with Crippen LogP contribution in [-0.2, 0) is 0 Å². The Morgan fingerprint density at radius 2 is 1.22 bits per heavy atom. The van der Waals surface area contributed by atoms with E-state index in [2.05, 4.69) is 20.8 Å². The van der Waals surface area contributed by atoms with Gasteiger partial charge in [0.25, 0.3) is 0 Å². The summed E-state index contributed by atoms with van der Waals surface area (Å²) in [5.41, 5.74) is 0.593. The van der Waals surface area contributed by atoms with Gasteiger partial charge in [-0.2, -0.15) is 0 Å². The first kappa shape index (κ1) is 14.8. The average molecular weight is 316 g/mol. The van der Waals surface area contributed by atoms with Gasteiger partial charge in [-0.15, -0.1) is 0 Å². The molecule has 1 aliphatic carbocycles. The molecule has 18 heavy (non-hydrogen) atoms. The third kappa shape index (κ3) is 4.52. The van der Waals surface area contributed by atoms with Crippen LogP contribution in [0.3, 0.4) is 0 Å². The van der Waals surface area contributed by atoms with E-state index in [0.717, 1.165) is 0 Å². The number of rotatable bonds is 3. The number of likely N-dealkylation sites (tertiary alicyclic amines) is 1. The van der Waals surface area contributed by atoms with E-state index >= 15 is 0 Å². The SMILES string of the molecule is BrCC1(CN2CCCCCCC2)CCCCCC1. The molecule has 0 aromatic carbocycles. The minimum atomic E-state index is 0.593. The summed E-state index contributed by atoms with van der Waals surface area (Å²) in [7, 11) is 0. The van der Waals surface area contributed by atoms with E-state index in [1.807, 2.05) is 0 Å². The summed E-state index contributed by atoms with van der Waals surface area (Å²) in [6.45, 7) is 4.07. The molecular weight excluding hydrogens is 286 g/mol. The molecule has 1 aliphatic heterocycles. The second kappa shape index (κ2) is 7.89. The highest BCUT2D eigenvalue weighted by molar-refractivity contribution is 9.09. The largest absolute Gasteiger partial charge is 0.303 e. The number of alkyl halides is 1. The van der Waals surface area contributed by atoms with Gasteiger partial charge in [-0.05, 0) is 44.2 Å². The highest BCUT2D eigenvalue weighted by atomic mass is 79.9. The molecule has 2 fully saturated rings. The Bertz CT molecular complexity index is 213. The highest BCUT2D eigenvalue weighted by Gasteiger charge is 2.31. The summed E-state index contributed by atoms with van der Waals surface area (Å²) in [5.74, 6) is 0. The van der Waals surface area contributed by atoms with Gasteiger partial charge in [0.05, 0.1) is 0 Å². The van der Waals surface area contributed by atoms with Crippen LogP contribution in [-0.4, -0.2) is 29.9 Å². The maximum absolute atomic E-state index is 3.84. The highest BCUT2D eigenvalue weighted by Crippen LogP contribution is 2.37. The zero-order chi connectivity index (χ0) is 12.7. The van der Waals surface area contributed by atoms with Crippen LogP contribution in [0.4, 0.5) is 0 Å². The summed E-state index contributed by atoms with van der Waals surface area (Å²) in [4.78, 5) is 2.78. The van der Waals surface area contributed by atoms with Crippen molar-refractivity contribution in [1.82, 2.24) is 4.90 Å². The number of hydrogen-bond acceptors (Lipinski definition) is 1. The van der Waals surface area contributed by atoms with Crippen LogP contribution in [0.15, 0.2) is 0 Å². The second-order valence-electron chi connectivity index (χ2n) is 6.59. The van der Waals surface area contributed by atoms with Crippen molar-refractivity contribution in [2.75, 3.05) is 25.0 Å². The number of halogens is 1. The molecule has 2 heteroatoms. The molecule has 0 aromatic rings. The van der Waals surface area contributed by atoms with E-state index in [0.29, 0.717) is 5.41 Å². The van der Waals surface area contributed by atoms with E-state index in [9.17, 15) is 0 Å². The van der Waals surface area contributed by atoms with Crippen molar-refractivity contribution in [3.8, 4) is 0 Å². The normalized spacial score (nSPS) is 27.2. The molecule has 0 bridgehead atoms. The molecule has 1 saturated carbocycles. The topological polar surface area (TPSA) is 3.24 Å². The summed E-state index contributed by atoms with van der Waals surface area (Å²) in [5, 5.41) is 1.22. The van der Waals surface area contributed by atoms with E-state index in [4.69, 9.17) is 0 Å². The van der Waals surface area contributed by atoms with Crippen molar-refractivity contribution in [3.63, 3.8) is 0 Å². The fourth-order valence-corrected chi connectivity index (χ4v) is 4.50. The fraction of sp³-hybridized carbons (Fsp3) is 1.00. The molecule has 0 amide bonds. The third-order valence-electron chi connectivity index (χ3n) is 4.96. The maximum Gasteiger partial charge on any atom is 0.0100 e. The van der Waals surface area contributed by atoms with Crippen molar-refractivity contribution in [2.24, 2.45) is 5.41 Å². The van der Waals surface area contributed by atoms with Crippen molar-refractivity contribution >= 4 is 15.9 Å². The zero-order valence-electron chi connectivity index (χ0n) is 11.9. The van der Waals surface area contributed by atoms with Crippen molar-refractivity contribution in [3.05, 3.63) is 0 Å². The first-order valence-corrected chi connectivity index (χ1v) is 9.25. The lowest BCUT2D eigenvalue weighted by molar-refractivity contribution is 0.141. The van der Waals surface area contributed by atoms with E-state index < -0.39 is 0 Å². The van der Waals surface area contributed by atoms with Crippen LogP contribution in [0.1, 0.15) is 70.6 Å². The molecule has 106 valence electrons. The Hall–Kier alpha value is 0.440. The minimum Gasteiger partial charge on any atom is -0.303 e. The number of nitrogens with zero attached hydrogens (tertiary/aromatic N) is 1. The molecule has 1 saturated heterocycles. The predicted octanol–water partition coefficient (Wildman–Crippen LogP) is 4.99. The molecule has 1 heterocycles. The molecule has 0 radical (unpaired) electrons. The molecule has 0 atom stereocenters. The fourth-order valence-electron chi connectivity index (χ4n) is 3.76. The first-order chi connectivity index (χ1) is 8.85. The Kier molecular flexibility index (Phi) is 6.51. The Morgan fingerprint density at radius 1 is 0.722 bits per heavy atom. The van der Waals surface area contributed by atoms with Crippen LogP contribution in [0.2, 0.25) is 0 Å². The summed E-state index contributed by atoms with van der Waals surface area (Å²) < 4.78 is 0. The third-order valence-corrected chi connectivity index (χ3v) is 6.14. The second-order valence-corrected chi connectivity index (χ2v) is 7.15. The summed E-state index contributed by atoms with van der Waals surface area (Å²) >= 11 is 3.84. The van der Waals surface area contributed by atoms with Crippen molar-refractivity contribution in [1.29, 1.82) is 0 Å².